The molecule has 1 rings (SSSR count). The molecule has 1 aliphatic heterocycles. The van der Waals surface area contributed by atoms with Crippen molar-refractivity contribution in [3.8, 4) is 0 Å². The Balaban J connectivity index is 1.84. The molecule has 0 spiro atoms. The van der Waals surface area contributed by atoms with Gasteiger partial charge in [0.1, 0.15) is 0 Å². The van der Waals surface area contributed by atoms with Crippen LogP contribution in [0.4, 0.5) is 0 Å². The van der Waals surface area contributed by atoms with Crippen LogP contribution in [0.15, 0.2) is 4.99 Å². The molecule has 0 bridgehead atoms. The number of nitrogens with zero attached hydrogens (tertiary/aromatic N) is 1. The van der Waals surface area contributed by atoms with Gasteiger partial charge in [-0.25, -0.2) is 0 Å². The molecule has 1 fully saturated rings. The Bertz CT molecular complexity index is 122. The van der Waals surface area contributed by atoms with Crippen LogP contribution in [-0.2, 0) is 0 Å². The fourth-order valence-corrected chi connectivity index (χ4v) is 4.36. The van der Waals surface area contributed by atoms with Crippen molar-refractivity contribution in [2.24, 2.45) is 4.99 Å². The van der Waals surface area contributed by atoms with Crippen LogP contribution in [0.25, 0.3) is 0 Å². The van der Waals surface area contributed by atoms with Crippen LogP contribution in [0.3, 0.4) is 0 Å². The molecular formula is C9H17NS2. The van der Waals surface area contributed by atoms with Crippen LogP contribution < -0.4 is 0 Å². The summed E-state index contributed by atoms with van der Waals surface area (Å²) < 4.78 is 0. The van der Waals surface area contributed by atoms with Crippen molar-refractivity contribution in [1.29, 1.82) is 0 Å². The lowest BCUT2D eigenvalue weighted by Gasteiger charge is -2.05. The van der Waals surface area contributed by atoms with Gasteiger partial charge in [0.05, 0.1) is 0 Å². The molecule has 3 heteroatoms. The Morgan fingerprint density at radius 3 is 2.92 bits per heavy atom. The molecular weight excluding hydrogens is 186 g/mol. The zero-order valence-corrected chi connectivity index (χ0v) is 9.13. The third-order valence-corrected chi connectivity index (χ3v) is 5.08. The minimum Gasteiger partial charge on any atom is -0.301 e. The van der Waals surface area contributed by atoms with E-state index in [2.05, 4.69) is 22.5 Å². The molecule has 70 valence electrons. The molecule has 0 N–H and O–H groups in total. The predicted molar refractivity (Wildman–Crippen MR) is 61.3 cm³/mol. The molecule has 0 radical (unpaired) electrons. The smallest absolute Gasteiger partial charge is 0.0382 e. The first-order valence-electron chi connectivity index (χ1n) is 4.64. The summed E-state index contributed by atoms with van der Waals surface area (Å²) in [6, 6.07) is 0. The zero-order valence-electron chi connectivity index (χ0n) is 7.50. The number of aliphatic imine (C=N–C) groups is 1. The minimum absolute atomic E-state index is 0.951. The highest BCUT2D eigenvalue weighted by molar-refractivity contribution is 8.77. The lowest BCUT2D eigenvalue weighted by atomic mass is 10.1. The van der Waals surface area contributed by atoms with Crippen molar-refractivity contribution >= 4 is 28.3 Å². The molecule has 0 aromatic heterocycles. The van der Waals surface area contributed by atoms with Crippen molar-refractivity contribution in [2.45, 2.75) is 37.4 Å². The van der Waals surface area contributed by atoms with E-state index in [0.717, 1.165) is 11.8 Å². The average molecular weight is 203 g/mol. The molecule has 1 heterocycles. The highest BCUT2D eigenvalue weighted by Crippen LogP contribution is 2.39. The van der Waals surface area contributed by atoms with Crippen molar-refractivity contribution in [3.05, 3.63) is 0 Å². The minimum atomic E-state index is 0.951. The van der Waals surface area contributed by atoms with E-state index in [4.69, 9.17) is 0 Å². The van der Waals surface area contributed by atoms with E-state index < -0.39 is 0 Å². The Kier molecular flexibility index (Phi) is 5.96. The van der Waals surface area contributed by atoms with Crippen molar-refractivity contribution in [1.82, 2.24) is 0 Å². The van der Waals surface area contributed by atoms with Crippen LogP contribution >= 0.6 is 21.6 Å². The highest BCUT2D eigenvalue weighted by atomic mass is 33.1. The number of rotatable bonds is 6. The Hall–Kier alpha value is 0.370. The van der Waals surface area contributed by atoms with Crippen LogP contribution in [0, 0.1) is 0 Å². The largest absolute Gasteiger partial charge is 0.301 e. The van der Waals surface area contributed by atoms with Gasteiger partial charge in [0, 0.05) is 17.5 Å². The van der Waals surface area contributed by atoms with Gasteiger partial charge in [0.15, 0.2) is 0 Å². The monoisotopic (exact) mass is 203 g/mol. The maximum absolute atomic E-state index is 3.85. The first-order valence-corrected chi connectivity index (χ1v) is 7.02. The van der Waals surface area contributed by atoms with E-state index in [1.807, 2.05) is 10.8 Å². The van der Waals surface area contributed by atoms with Gasteiger partial charge in [-0.2, -0.15) is 0 Å². The lowest BCUT2D eigenvalue weighted by Crippen LogP contribution is -1.96. The fourth-order valence-electron chi connectivity index (χ4n) is 1.34. The molecule has 12 heavy (non-hydrogen) atoms. The van der Waals surface area contributed by atoms with Gasteiger partial charge < -0.3 is 4.99 Å². The van der Waals surface area contributed by atoms with Crippen molar-refractivity contribution in [3.63, 3.8) is 0 Å². The molecule has 0 aliphatic carbocycles. The van der Waals surface area contributed by atoms with Gasteiger partial charge in [-0.3, -0.25) is 0 Å². The molecule has 0 aromatic carbocycles. The third-order valence-electron chi connectivity index (χ3n) is 2.07. The van der Waals surface area contributed by atoms with E-state index in [1.165, 1.54) is 37.9 Å². The topological polar surface area (TPSA) is 12.4 Å². The summed E-state index contributed by atoms with van der Waals surface area (Å²) in [5.74, 6) is 1.36. The van der Waals surface area contributed by atoms with E-state index >= 15 is 0 Å². The summed E-state index contributed by atoms with van der Waals surface area (Å²) in [6.07, 6.45) is 6.78. The number of unbranched alkanes of at least 4 members (excludes halogenated alkanes) is 2. The van der Waals surface area contributed by atoms with Gasteiger partial charge in [0.25, 0.3) is 0 Å². The van der Waals surface area contributed by atoms with E-state index in [9.17, 15) is 0 Å². The van der Waals surface area contributed by atoms with Crippen LogP contribution in [0.2, 0.25) is 0 Å². The Labute approximate surface area is 83.2 Å². The summed E-state index contributed by atoms with van der Waals surface area (Å²) in [5.41, 5.74) is 0. The van der Waals surface area contributed by atoms with E-state index in [0.29, 0.717) is 0 Å². The number of hydrogen-bond acceptors (Lipinski definition) is 3. The first kappa shape index (κ1) is 10.5. The molecule has 0 unspecified atom stereocenters. The predicted octanol–water partition coefficient (Wildman–Crippen LogP) is 3.40. The van der Waals surface area contributed by atoms with Gasteiger partial charge in [-0.15, -0.1) is 0 Å². The molecule has 1 saturated heterocycles. The van der Waals surface area contributed by atoms with Gasteiger partial charge in [0.2, 0.25) is 0 Å². The molecule has 0 saturated carbocycles. The average Bonchev–Trinajstić information content (AvgIpc) is 2.57. The summed E-state index contributed by atoms with van der Waals surface area (Å²) in [5, 5.41) is 0.951. The Morgan fingerprint density at radius 2 is 2.25 bits per heavy atom. The van der Waals surface area contributed by atoms with E-state index in [-0.39, 0.29) is 0 Å². The molecule has 1 atom stereocenters. The van der Waals surface area contributed by atoms with Gasteiger partial charge in [-0.05, 0) is 26.0 Å². The lowest BCUT2D eigenvalue weighted by molar-refractivity contribution is 0.628. The van der Waals surface area contributed by atoms with Crippen molar-refractivity contribution < 1.29 is 0 Å². The van der Waals surface area contributed by atoms with Crippen LogP contribution in [0.5, 0.6) is 0 Å². The van der Waals surface area contributed by atoms with Gasteiger partial charge in [-0.1, -0.05) is 34.4 Å². The second-order valence-corrected chi connectivity index (χ2v) is 5.91. The molecule has 0 aromatic rings. The molecule has 1 nitrogen and oxygen atoms in total. The van der Waals surface area contributed by atoms with Crippen LogP contribution in [-0.4, -0.2) is 24.3 Å². The first-order chi connectivity index (χ1) is 5.93. The van der Waals surface area contributed by atoms with E-state index in [1.54, 1.807) is 0 Å². The summed E-state index contributed by atoms with van der Waals surface area (Å²) in [4.78, 5) is 3.85. The quantitative estimate of drug-likeness (QED) is 0.373. The second kappa shape index (κ2) is 6.84. The maximum Gasteiger partial charge on any atom is 0.0382 e. The Morgan fingerprint density at radius 1 is 1.33 bits per heavy atom. The molecule has 1 aliphatic rings. The third kappa shape index (κ3) is 4.41. The number of hydrogen-bond donors (Lipinski definition) is 0. The van der Waals surface area contributed by atoms with Gasteiger partial charge >= 0.3 is 0 Å². The highest BCUT2D eigenvalue weighted by Gasteiger charge is 2.15. The summed E-state index contributed by atoms with van der Waals surface area (Å²) >= 11 is 0. The standard InChI is InChI=1S/C9H17NS2/c1-10-7-4-2-3-5-9-6-8-11-12-9/h9H,1-8H2/t9-/m1/s1. The molecule has 0 amide bonds. The maximum atomic E-state index is 3.85. The second-order valence-electron chi connectivity index (χ2n) is 3.13. The fraction of sp³-hybridized carbons (Fsp3) is 0.889. The summed E-state index contributed by atoms with van der Waals surface area (Å²) in [7, 11) is 4.13. The van der Waals surface area contributed by atoms with Crippen molar-refractivity contribution in [2.75, 3.05) is 12.3 Å². The normalized spacial score (nSPS) is 22.8. The SMILES string of the molecule is C=NCCCCC[C@@H]1CCSS1. The van der Waals surface area contributed by atoms with Crippen LogP contribution in [0.1, 0.15) is 32.1 Å². The zero-order chi connectivity index (χ0) is 8.65. The summed E-state index contributed by atoms with van der Waals surface area (Å²) in [6.45, 7) is 4.43.